The van der Waals surface area contributed by atoms with Crippen LogP contribution in [0.25, 0.3) is 0 Å². The van der Waals surface area contributed by atoms with E-state index < -0.39 is 36.1 Å². The van der Waals surface area contributed by atoms with Crippen molar-refractivity contribution in [3.63, 3.8) is 0 Å². The zero-order chi connectivity index (χ0) is 35.3. The average Bonchev–Trinajstić information content (AvgIpc) is 3.13. The number of anilines is 1. The van der Waals surface area contributed by atoms with E-state index in [0.717, 1.165) is 11.1 Å². The van der Waals surface area contributed by atoms with E-state index in [0.29, 0.717) is 29.7 Å². The van der Waals surface area contributed by atoms with Crippen molar-refractivity contribution in [3.05, 3.63) is 161 Å². The number of aromatic hydroxyl groups is 1. The highest BCUT2D eigenvalue weighted by atomic mass is 16.5. The number of amides is 3. The Kier molecular flexibility index (Phi) is 12.3. The largest absolute Gasteiger partial charge is 0.508 e. The number of hydrogen-bond donors (Lipinski definition) is 5. The molecule has 0 unspecified atom stereocenters. The second-order valence-corrected chi connectivity index (χ2v) is 12.0. The highest BCUT2D eigenvalue weighted by Crippen LogP contribution is 2.22. The summed E-state index contributed by atoms with van der Waals surface area (Å²) in [6.45, 7) is 1.62. The van der Waals surface area contributed by atoms with Crippen molar-refractivity contribution >= 4 is 23.6 Å². The van der Waals surface area contributed by atoms with E-state index in [1.54, 1.807) is 67.7 Å². The van der Waals surface area contributed by atoms with Crippen molar-refractivity contribution < 1.29 is 29.3 Å². The lowest BCUT2D eigenvalue weighted by Gasteiger charge is -2.29. The molecule has 0 aliphatic rings. The third kappa shape index (κ3) is 10.0. The van der Waals surface area contributed by atoms with E-state index in [-0.39, 0.29) is 30.0 Å². The Labute approximate surface area is 291 Å². The lowest BCUT2D eigenvalue weighted by Crippen LogP contribution is -2.48. The van der Waals surface area contributed by atoms with Gasteiger partial charge in [-0.1, -0.05) is 84.9 Å². The van der Waals surface area contributed by atoms with Crippen LogP contribution in [-0.2, 0) is 24.2 Å². The van der Waals surface area contributed by atoms with E-state index in [4.69, 9.17) is 4.74 Å². The molecule has 50 heavy (non-hydrogen) atoms. The minimum atomic E-state index is -1.08. The van der Waals surface area contributed by atoms with E-state index in [9.17, 15) is 24.6 Å². The van der Waals surface area contributed by atoms with Gasteiger partial charge in [0.2, 0.25) is 0 Å². The quantitative estimate of drug-likeness (QED) is 0.0975. The topological polar surface area (TPSA) is 150 Å². The molecule has 1 aromatic heterocycles. The van der Waals surface area contributed by atoms with E-state index in [1.807, 2.05) is 60.7 Å². The summed E-state index contributed by atoms with van der Waals surface area (Å²) in [4.78, 5) is 44.1. The maximum Gasteiger partial charge on any atom is 0.412 e. The summed E-state index contributed by atoms with van der Waals surface area (Å²) in [6, 6.07) is 34.4. The number of aliphatic hydroxyl groups is 1. The number of aromatic nitrogens is 1. The van der Waals surface area contributed by atoms with Gasteiger partial charge in [0.25, 0.3) is 11.8 Å². The van der Waals surface area contributed by atoms with Gasteiger partial charge in [-0.2, -0.15) is 0 Å². The number of nitrogens with one attached hydrogen (secondary N) is 3. The van der Waals surface area contributed by atoms with Crippen molar-refractivity contribution in [1.29, 1.82) is 0 Å². The van der Waals surface area contributed by atoms with E-state index in [1.165, 1.54) is 6.07 Å². The third-order valence-electron chi connectivity index (χ3n) is 8.30. The highest BCUT2D eigenvalue weighted by Gasteiger charge is 2.28. The minimum absolute atomic E-state index is 0.000295. The van der Waals surface area contributed by atoms with E-state index >= 15 is 0 Å². The van der Waals surface area contributed by atoms with Crippen LogP contribution >= 0.6 is 0 Å². The maximum atomic E-state index is 13.8. The van der Waals surface area contributed by atoms with Crippen LogP contribution in [0.3, 0.4) is 0 Å². The molecule has 5 aromatic rings. The molecule has 4 aromatic carbocycles. The smallest absolute Gasteiger partial charge is 0.412 e. The highest BCUT2D eigenvalue weighted by molar-refractivity contribution is 6.02. The van der Waals surface area contributed by atoms with Crippen LogP contribution in [0.2, 0.25) is 0 Å². The first-order valence-corrected chi connectivity index (χ1v) is 16.4. The number of rotatable bonds is 14. The number of ether oxygens (including phenoxy) is 1. The molecule has 0 spiro atoms. The van der Waals surface area contributed by atoms with Crippen LogP contribution in [-0.4, -0.2) is 51.3 Å². The summed E-state index contributed by atoms with van der Waals surface area (Å²) in [7, 11) is 0. The molecule has 10 nitrogen and oxygen atoms in total. The number of phenols is 1. The summed E-state index contributed by atoms with van der Waals surface area (Å²) >= 11 is 0. The first kappa shape index (κ1) is 35.3. The van der Waals surface area contributed by atoms with Crippen molar-refractivity contribution in [3.8, 4) is 5.75 Å². The second-order valence-electron chi connectivity index (χ2n) is 12.0. The number of phenolic OH excluding ortho intramolecular Hbond substituents is 1. The van der Waals surface area contributed by atoms with E-state index in [2.05, 4.69) is 20.9 Å². The van der Waals surface area contributed by atoms with Crippen LogP contribution < -0.4 is 16.0 Å². The Morgan fingerprint density at radius 1 is 0.720 bits per heavy atom. The molecule has 3 atom stereocenters. The van der Waals surface area contributed by atoms with Crippen LogP contribution in [0.5, 0.6) is 5.75 Å². The van der Waals surface area contributed by atoms with Gasteiger partial charge in [0.05, 0.1) is 29.1 Å². The second kappa shape index (κ2) is 17.4. The standard InChI is InChI=1S/C40H40N4O6/c1-27-32(19-12-21-36(27)45)38(47)43-35(24-29-15-6-3-7-16-29)37(46)25-31(23-28-13-4-2-5-14-28)42-39(48)33-18-8-9-20-34(33)44-40(49)50-26-30-17-10-11-22-41-30/h2-22,31,35,37,45-46H,23-26H2,1H3,(H,42,48)(H,43,47)(H,44,49)/t31-,35-,37-/m0/s1. The summed E-state index contributed by atoms with van der Waals surface area (Å²) < 4.78 is 5.31. The molecule has 3 amide bonds. The molecular formula is C40H40N4O6. The fourth-order valence-corrected chi connectivity index (χ4v) is 5.64. The number of carbonyl (C=O) groups excluding carboxylic acids is 3. The molecule has 10 heteroatoms. The third-order valence-corrected chi connectivity index (χ3v) is 8.30. The van der Waals surface area contributed by atoms with Gasteiger partial charge in [-0.15, -0.1) is 0 Å². The van der Waals surface area contributed by atoms with Gasteiger partial charge in [-0.3, -0.25) is 19.9 Å². The van der Waals surface area contributed by atoms with Gasteiger partial charge in [-0.25, -0.2) is 4.79 Å². The molecule has 0 fully saturated rings. The summed E-state index contributed by atoms with van der Waals surface area (Å²) in [6.07, 6.45) is 0.592. The van der Waals surface area contributed by atoms with Crippen molar-refractivity contribution in [2.24, 2.45) is 0 Å². The number of benzene rings is 4. The molecule has 0 bridgehead atoms. The van der Waals surface area contributed by atoms with Crippen LogP contribution in [0, 0.1) is 6.92 Å². The van der Waals surface area contributed by atoms with Gasteiger partial charge in [0.15, 0.2) is 0 Å². The Morgan fingerprint density at radius 3 is 2.04 bits per heavy atom. The van der Waals surface area contributed by atoms with Crippen molar-refractivity contribution in [2.45, 2.75) is 51.0 Å². The monoisotopic (exact) mass is 672 g/mol. The zero-order valence-corrected chi connectivity index (χ0v) is 27.7. The molecule has 0 radical (unpaired) electrons. The van der Waals surface area contributed by atoms with Gasteiger partial charge in [0.1, 0.15) is 12.4 Å². The molecule has 1 heterocycles. The molecule has 0 aliphatic heterocycles. The summed E-state index contributed by atoms with van der Waals surface area (Å²) in [5.74, 6) is -0.894. The Bertz CT molecular complexity index is 1870. The predicted octanol–water partition coefficient (Wildman–Crippen LogP) is 5.98. The number of aliphatic hydroxyl groups excluding tert-OH is 1. The van der Waals surface area contributed by atoms with Crippen LogP contribution in [0.15, 0.2) is 128 Å². The Hall–Kier alpha value is -6.00. The zero-order valence-electron chi connectivity index (χ0n) is 27.7. The molecular weight excluding hydrogens is 632 g/mol. The first-order valence-electron chi connectivity index (χ1n) is 16.4. The number of hydrogen-bond acceptors (Lipinski definition) is 7. The molecule has 0 aliphatic carbocycles. The molecule has 0 saturated heterocycles. The molecule has 0 saturated carbocycles. The van der Waals surface area contributed by atoms with Gasteiger partial charge in [-0.05, 0) is 73.7 Å². The predicted molar refractivity (Wildman–Crippen MR) is 191 cm³/mol. The molecule has 5 N–H and O–H groups in total. The number of pyridine rings is 1. The Morgan fingerprint density at radius 2 is 1.34 bits per heavy atom. The fourth-order valence-electron chi connectivity index (χ4n) is 5.64. The molecule has 5 rings (SSSR count). The average molecular weight is 673 g/mol. The Balaban J connectivity index is 1.34. The lowest BCUT2D eigenvalue weighted by molar-refractivity contribution is 0.0755. The number of nitrogens with zero attached hydrogens (tertiary/aromatic N) is 1. The first-order chi connectivity index (χ1) is 24.3. The minimum Gasteiger partial charge on any atom is -0.508 e. The molecule has 256 valence electrons. The lowest BCUT2D eigenvalue weighted by atomic mass is 9.93. The van der Waals surface area contributed by atoms with Gasteiger partial charge in [0, 0.05) is 23.4 Å². The summed E-state index contributed by atoms with van der Waals surface area (Å²) in [5.41, 5.74) is 3.62. The SMILES string of the molecule is Cc1c(O)cccc1C(=O)N[C@@H](Cc1ccccc1)[C@@H](O)C[C@H](Cc1ccccc1)NC(=O)c1ccccc1NC(=O)OCc1ccccn1. The van der Waals surface area contributed by atoms with Crippen molar-refractivity contribution in [2.75, 3.05) is 5.32 Å². The maximum absolute atomic E-state index is 13.8. The van der Waals surface area contributed by atoms with Gasteiger partial charge >= 0.3 is 6.09 Å². The summed E-state index contributed by atoms with van der Waals surface area (Å²) in [5, 5.41) is 30.6. The normalized spacial score (nSPS) is 12.6. The van der Waals surface area contributed by atoms with Crippen LogP contribution in [0.1, 0.15) is 49.5 Å². The van der Waals surface area contributed by atoms with Crippen molar-refractivity contribution in [1.82, 2.24) is 15.6 Å². The van der Waals surface area contributed by atoms with Gasteiger partial charge < -0.3 is 25.6 Å². The fraction of sp³-hybridized carbons (Fsp3) is 0.200. The number of carbonyl (C=O) groups is 3. The number of para-hydroxylation sites is 1. The van der Waals surface area contributed by atoms with Crippen LogP contribution in [0.4, 0.5) is 10.5 Å².